The van der Waals surface area contributed by atoms with Gasteiger partial charge in [0.1, 0.15) is 0 Å². The van der Waals surface area contributed by atoms with E-state index in [4.69, 9.17) is 4.74 Å². The zero-order valence-electron chi connectivity index (χ0n) is 7.34. The molecule has 1 fully saturated rings. The molecule has 0 saturated carbocycles. The first-order chi connectivity index (χ1) is 5.38. The van der Waals surface area contributed by atoms with E-state index >= 15 is 0 Å². The highest BCUT2D eigenvalue weighted by molar-refractivity contribution is 4.81. The highest BCUT2D eigenvalue weighted by atomic mass is 16.5. The first-order valence-electron chi connectivity index (χ1n) is 4.28. The van der Waals surface area contributed by atoms with E-state index in [0.717, 1.165) is 26.1 Å². The molecule has 2 unspecified atom stereocenters. The van der Waals surface area contributed by atoms with Gasteiger partial charge in [-0.3, -0.25) is 0 Å². The predicted octanol–water partition coefficient (Wildman–Crippen LogP) is -0.0124. The summed E-state index contributed by atoms with van der Waals surface area (Å²) in [6.45, 7) is 5.08. The number of ether oxygens (including phenoxy) is 1. The van der Waals surface area contributed by atoms with Crippen molar-refractivity contribution in [3.05, 3.63) is 0 Å². The second-order valence-electron chi connectivity index (χ2n) is 2.86. The fourth-order valence-electron chi connectivity index (χ4n) is 1.47. The van der Waals surface area contributed by atoms with E-state index in [2.05, 4.69) is 17.6 Å². The third-order valence-electron chi connectivity index (χ3n) is 2.14. The van der Waals surface area contributed by atoms with Gasteiger partial charge in [0.15, 0.2) is 0 Å². The van der Waals surface area contributed by atoms with E-state index in [1.54, 1.807) is 7.11 Å². The Morgan fingerprint density at radius 3 is 3.00 bits per heavy atom. The van der Waals surface area contributed by atoms with Gasteiger partial charge in [-0.25, -0.2) is 5.32 Å². The lowest BCUT2D eigenvalue weighted by atomic mass is 10.1. The minimum atomic E-state index is 0.308. The van der Waals surface area contributed by atoms with Crippen LogP contribution < -0.4 is 10.6 Å². The lowest BCUT2D eigenvalue weighted by molar-refractivity contribution is 0.0592. The van der Waals surface area contributed by atoms with Crippen molar-refractivity contribution in [2.45, 2.75) is 25.5 Å². The molecule has 1 N–H and O–H groups in total. The van der Waals surface area contributed by atoms with Crippen LogP contribution in [0.15, 0.2) is 0 Å². The van der Waals surface area contributed by atoms with Crippen LogP contribution in [0.25, 0.3) is 0 Å². The normalized spacial score (nSPS) is 28.4. The van der Waals surface area contributed by atoms with Gasteiger partial charge >= 0.3 is 0 Å². The minimum Gasteiger partial charge on any atom is -0.380 e. The number of nitrogens with zero attached hydrogens (tertiary/aromatic N) is 1. The van der Waals surface area contributed by atoms with E-state index in [9.17, 15) is 0 Å². The van der Waals surface area contributed by atoms with Crippen LogP contribution in [0.5, 0.6) is 0 Å². The molecular formula is C8H17N2O. The van der Waals surface area contributed by atoms with Crippen molar-refractivity contribution < 1.29 is 4.74 Å². The molecule has 1 radical (unpaired) electrons. The highest BCUT2D eigenvalue weighted by Crippen LogP contribution is 2.05. The fourth-order valence-corrected chi connectivity index (χ4v) is 1.47. The van der Waals surface area contributed by atoms with Gasteiger partial charge in [0, 0.05) is 26.7 Å². The fraction of sp³-hybridized carbons (Fsp3) is 1.00. The Morgan fingerprint density at radius 2 is 2.55 bits per heavy atom. The monoisotopic (exact) mass is 157 g/mol. The third-order valence-corrected chi connectivity index (χ3v) is 2.14. The molecule has 3 nitrogen and oxygen atoms in total. The Morgan fingerprint density at radius 1 is 1.73 bits per heavy atom. The molecule has 0 amide bonds. The van der Waals surface area contributed by atoms with Gasteiger partial charge in [0.05, 0.1) is 12.1 Å². The summed E-state index contributed by atoms with van der Waals surface area (Å²) in [7, 11) is 1.76. The van der Waals surface area contributed by atoms with E-state index in [0.29, 0.717) is 12.1 Å². The summed E-state index contributed by atoms with van der Waals surface area (Å²) in [6, 6.07) is 0.374. The van der Waals surface area contributed by atoms with Crippen molar-refractivity contribution in [3.63, 3.8) is 0 Å². The summed E-state index contributed by atoms with van der Waals surface area (Å²) < 4.78 is 5.31. The molecule has 2 atom stereocenters. The third kappa shape index (κ3) is 2.43. The van der Waals surface area contributed by atoms with Crippen molar-refractivity contribution in [2.75, 3.05) is 26.7 Å². The van der Waals surface area contributed by atoms with Gasteiger partial charge in [-0.15, -0.1) is 0 Å². The van der Waals surface area contributed by atoms with Gasteiger partial charge in [0.25, 0.3) is 0 Å². The number of hydrogen-bond acceptors (Lipinski definition) is 2. The SMILES string of the molecule is CCC(OC)C1CNCC[N]1. The number of hydrogen-bond donors (Lipinski definition) is 1. The van der Waals surface area contributed by atoms with E-state index in [-0.39, 0.29) is 0 Å². The summed E-state index contributed by atoms with van der Waals surface area (Å²) in [4.78, 5) is 0. The largest absolute Gasteiger partial charge is 0.380 e. The average molecular weight is 157 g/mol. The Labute approximate surface area is 68.5 Å². The molecule has 0 aromatic rings. The first kappa shape index (κ1) is 8.97. The zero-order chi connectivity index (χ0) is 8.10. The molecule has 1 heterocycles. The van der Waals surface area contributed by atoms with Crippen molar-refractivity contribution in [1.82, 2.24) is 10.6 Å². The molecule has 1 saturated heterocycles. The van der Waals surface area contributed by atoms with Crippen molar-refractivity contribution in [1.29, 1.82) is 0 Å². The molecule has 0 aliphatic carbocycles. The number of piperazine rings is 1. The lowest BCUT2D eigenvalue weighted by Crippen LogP contribution is -2.50. The molecule has 65 valence electrons. The van der Waals surface area contributed by atoms with E-state index in [1.165, 1.54) is 0 Å². The Bertz CT molecular complexity index is 98.3. The summed E-state index contributed by atoms with van der Waals surface area (Å²) in [5.74, 6) is 0. The molecule has 1 rings (SSSR count). The summed E-state index contributed by atoms with van der Waals surface area (Å²) in [5, 5.41) is 7.79. The number of methoxy groups -OCH3 is 1. The topological polar surface area (TPSA) is 35.4 Å². The minimum absolute atomic E-state index is 0.308. The second-order valence-corrected chi connectivity index (χ2v) is 2.86. The lowest BCUT2D eigenvalue weighted by Gasteiger charge is -2.28. The molecule has 11 heavy (non-hydrogen) atoms. The molecule has 3 heteroatoms. The van der Waals surface area contributed by atoms with Gasteiger partial charge < -0.3 is 10.1 Å². The van der Waals surface area contributed by atoms with Crippen molar-refractivity contribution in [2.24, 2.45) is 0 Å². The smallest absolute Gasteiger partial charge is 0.0750 e. The summed E-state index contributed by atoms with van der Waals surface area (Å²) in [5.41, 5.74) is 0. The maximum atomic E-state index is 5.31. The predicted molar refractivity (Wildman–Crippen MR) is 44.7 cm³/mol. The Hall–Kier alpha value is -0.120. The van der Waals surface area contributed by atoms with Crippen LogP contribution in [-0.2, 0) is 4.74 Å². The molecule has 0 spiro atoms. The molecule has 0 aromatic carbocycles. The van der Waals surface area contributed by atoms with Gasteiger partial charge in [-0.1, -0.05) is 6.92 Å². The number of rotatable bonds is 3. The van der Waals surface area contributed by atoms with Gasteiger partial charge in [0.2, 0.25) is 0 Å². The molecular weight excluding hydrogens is 140 g/mol. The quantitative estimate of drug-likeness (QED) is 0.625. The van der Waals surface area contributed by atoms with E-state index in [1.807, 2.05) is 0 Å². The molecule has 1 aliphatic heterocycles. The zero-order valence-corrected chi connectivity index (χ0v) is 7.34. The maximum Gasteiger partial charge on any atom is 0.0750 e. The number of nitrogens with one attached hydrogen (secondary N) is 1. The standard InChI is InChI=1S/C8H17N2O/c1-3-8(11-2)7-6-9-4-5-10-7/h7-9H,3-6H2,1-2H3. The Kier molecular flexibility index (Phi) is 3.83. The van der Waals surface area contributed by atoms with E-state index < -0.39 is 0 Å². The van der Waals surface area contributed by atoms with Gasteiger partial charge in [-0.05, 0) is 6.42 Å². The molecule has 1 aliphatic rings. The average Bonchev–Trinajstić information content (AvgIpc) is 2.09. The van der Waals surface area contributed by atoms with Crippen LogP contribution in [0.2, 0.25) is 0 Å². The van der Waals surface area contributed by atoms with Crippen LogP contribution in [0.1, 0.15) is 13.3 Å². The van der Waals surface area contributed by atoms with Crippen LogP contribution in [0.4, 0.5) is 0 Å². The van der Waals surface area contributed by atoms with Crippen molar-refractivity contribution in [3.8, 4) is 0 Å². The maximum absolute atomic E-state index is 5.31. The van der Waals surface area contributed by atoms with Crippen LogP contribution in [-0.4, -0.2) is 38.9 Å². The van der Waals surface area contributed by atoms with Crippen LogP contribution in [0.3, 0.4) is 0 Å². The summed E-state index contributed by atoms with van der Waals surface area (Å²) >= 11 is 0. The second kappa shape index (κ2) is 4.70. The Balaban J connectivity index is 2.30. The van der Waals surface area contributed by atoms with Gasteiger partial charge in [-0.2, -0.15) is 0 Å². The van der Waals surface area contributed by atoms with Crippen molar-refractivity contribution >= 4 is 0 Å². The summed E-state index contributed by atoms with van der Waals surface area (Å²) in [6.07, 6.45) is 1.36. The molecule has 0 bridgehead atoms. The highest BCUT2D eigenvalue weighted by Gasteiger charge is 2.21. The van der Waals surface area contributed by atoms with Crippen LogP contribution >= 0.6 is 0 Å². The van der Waals surface area contributed by atoms with Crippen LogP contribution in [0, 0.1) is 0 Å². The first-order valence-corrected chi connectivity index (χ1v) is 4.28. The molecule has 0 aromatic heterocycles.